The normalized spacial score (nSPS) is 10.8. The fraction of sp³-hybridized carbons (Fsp3) is 0.211. The highest BCUT2D eigenvalue weighted by Crippen LogP contribution is 2.28. The van der Waals surface area contributed by atoms with Crippen LogP contribution >= 0.6 is 35.2 Å². The summed E-state index contributed by atoms with van der Waals surface area (Å²) in [5, 5.41) is 12.5. The summed E-state index contributed by atoms with van der Waals surface area (Å²) in [6.07, 6.45) is 1.43. The molecule has 1 aromatic heterocycles. The number of H-pyrrole nitrogens is 1. The van der Waals surface area contributed by atoms with Gasteiger partial charge in [0.2, 0.25) is 0 Å². The number of anilines is 1. The third-order valence-corrected chi connectivity index (χ3v) is 5.36. The van der Waals surface area contributed by atoms with Crippen molar-refractivity contribution in [1.82, 2.24) is 4.98 Å². The van der Waals surface area contributed by atoms with Crippen LogP contribution < -0.4 is 10.1 Å². The van der Waals surface area contributed by atoms with Gasteiger partial charge < -0.3 is 20.1 Å². The van der Waals surface area contributed by atoms with Gasteiger partial charge in [0.25, 0.3) is 0 Å². The number of hydrogen-bond donors (Lipinski definition) is 3. The quantitative estimate of drug-likeness (QED) is 0.187. The molecule has 28 heavy (non-hydrogen) atoms. The van der Waals surface area contributed by atoms with Crippen LogP contribution in [-0.2, 0) is 4.79 Å². The second kappa shape index (κ2) is 9.18. The van der Waals surface area contributed by atoms with Crippen molar-refractivity contribution in [3.05, 3.63) is 50.9 Å². The topological polar surface area (TPSA) is 91.4 Å². The summed E-state index contributed by atoms with van der Waals surface area (Å²) < 4.78 is 6.86. The highest BCUT2D eigenvalue weighted by molar-refractivity contribution is 7.73. The minimum absolute atomic E-state index is 0.137. The summed E-state index contributed by atoms with van der Waals surface area (Å²) in [4.78, 5) is 26.3. The second-order valence-electron chi connectivity index (χ2n) is 6.03. The number of halogens is 1. The maximum atomic E-state index is 12.7. The van der Waals surface area contributed by atoms with Crippen LogP contribution in [0.15, 0.2) is 36.4 Å². The van der Waals surface area contributed by atoms with Gasteiger partial charge >= 0.3 is 11.9 Å². The van der Waals surface area contributed by atoms with E-state index in [1.165, 1.54) is 11.3 Å². The predicted molar refractivity (Wildman–Crippen MR) is 113 cm³/mol. The Labute approximate surface area is 175 Å². The van der Waals surface area contributed by atoms with Crippen LogP contribution in [0.1, 0.15) is 29.6 Å². The van der Waals surface area contributed by atoms with Gasteiger partial charge in [0.1, 0.15) is 5.75 Å². The molecule has 0 aliphatic carbocycles. The van der Waals surface area contributed by atoms with Crippen LogP contribution in [0.3, 0.4) is 0 Å². The molecule has 0 radical (unpaired) electrons. The first kappa shape index (κ1) is 20.3. The van der Waals surface area contributed by atoms with Crippen molar-refractivity contribution >= 4 is 63.0 Å². The van der Waals surface area contributed by atoms with Crippen LogP contribution in [0, 0.1) is 3.95 Å². The number of nitrogens with one attached hydrogen (secondary N) is 2. The average Bonchev–Trinajstić information content (AvgIpc) is 3.02. The molecule has 0 unspecified atom stereocenters. The van der Waals surface area contributed by atoms with E-state index >= 15 is 0 Å². The Morgan fingerprint density at radius 3 is 2.68 bits per heavy atom. The number of aromatic nitrogens is 1. The van der Waals surface area contributed by atoms with Crippen molar-refractivity contribution in [3.8, 4) is 5.75 Å². The van der Waals surface area contributed by atoms with E-state index in [9.17, 15) is 9.59 Å². The minimum atomic E-state index is -0.805. The highest BCUT2D eigenvalue weighted by atomic mass is 35.5. The fourth-order valence-electron chi connectivity index (χ4n) is 2.61. The van der Waals surface area contributed by atoms with E-state index in [1.54, 1.807) is 30.3 Å². The van der Waals surface area contributed by atoms with Gasteiger partial charge in [0.05, 0.1) is 15.8 Å². The number of unbranched alkanes of at least 4 members (excludes halogenated alkanes) is 1. The Morgan fingerprint density at radius 1 is 1.21 bits per heavy atom. The summed E-state index contributed by atoms with van der Waals surface area (Å²) in [6.45, 7) is 0.598. The molecule has 9 heteroatoms. The SMILES string of the molecule is O=C(O)CCCCNc1cc(C(=O)Oc2ccc(Cl)cc2)c2[nH]c(=S)sc2c1. The molecule has 0 aliphatic heterocycles. The summed E-state index contributed by atoms with van der Waals surface area (Å²) >= 11 is 12.4. The molecule has 3 N–H and O–H groups in total. The lowest BCUT2D eigenvalue weighted by atomic mass is 10.1. The van der Waals surface area contributed by atoms with Crippen molar-refractivity contribution in [2.75, 3.05) is 11.9 Å². The molecule has 0 bridgehead atoms. The molecular formula is C19H17ClN2O4S2. The molecule has 1 heterocycles. The second-order valence-corrected chi connectivity index (χ2v) is 8.19. The summed E-state index contributed by atoms with van der Waals surface area (Å²) in [7, 11) is 0. The van der Waals surface area contributed by atoms with Crippen LogP contribution in [0.5, 0.6) is 5.75 Å². The number of carbonyl (C=O) groups is 2. The third-order valence-electron chi connectivity index (χ3n) is 3.92. The van der Waals surface area contributed by atoms with Crippen molar-refractivity contribution in [2.45, 2.75) is 19.3 Å². The molecule has 3 rings (SSSR count). The zero-order valence-electron chi connectivity index (χ0n) is 14.7. The number of carbonyl (C=O) groups excluding carboxylic acids is 1. The van der Waals surface area contributed by atoms with Gasteiger partial charge in [-0.25, -0.2) is 4.79 Å². The lowest BCUT2D eigenvalue weighted by Gasteiger charge is -2.10. The molecule has 6 nitrogen and oxygen atoms in total. The first-order valence-corrected chi connectivity index (χ1v) is 10.1. The summed E-state index contributed by atoms with van der Waals surface area (Å²) in [6, 6.07) is 10.1. The Kier molecular flexibility index (Phi) is 6.66. The smallest absolute Gasteiger partial charge is 0.345 e. The molecule has 0 spiro atoms. The van der Waals surface area contributed by atoms with Crippen LogP contribution in [0.4, 0.5) is 5.69 Å². The third kappa shape index (κ3) is 5.31. The average molecular weight is 437 g/mol. The predicted octanol–water partition coefficient (Wildman–Crippen LogP) is 5.50. The number of aliphatic carboxylic acids is 1. The molecule has 146 valence electrons. The molecule has 3 aromatic rings. The minimum Gasteiger partial charge on any atom is -0.481 e. The molecule has 2 aromatic carbocycles. The number of carboxylic acid groups (broad SMARTS) is 1. The van der Waals surface area contributed by atoms with E-state index in [4.69, 9.17) is 33.7 Å². The number of aromatic amines is 1. The molecule has 0 saturated carbocycles. The number of ether oxygens (including phenoxy) is 1. The molecule has 0 atom stereocenters. The van der Waals surface area contributed by atoms with Gasteiger partial charge in [0, 0.05) is 23.7 Å². The lowest BCUT2D eigenvalue weighted by Crippen LogP contribution is -2.10. The van der Waals surface area contributed by atoms with Gasteiger partial charge in [-0.3, -0.25) is 4.79 Å². The number of fused-ring (bicyclic) bond motifs is 1. The maximum absolute atomic E-state index is 12.7. The Hall–Kier alpha value is -2.42. The van der Waals surface area contributed by atoms with E-state index in [-0.39, 0.29) is 6.42 Å². The molecule has 0 fully saturated rings. The molecular weight excluding hydrogens is 420 g/mol. The van der Waals surface area contributed by atoms with Crippen molar-refractivity contribution in [2.24, 2.45) is 0 Å². The fourth-order valence-corrected chi connectivity index (χ4v) is 3.91. The zero-order chi connectivity index (χ0) is 20.1. The molecule has 0 saturated heterocycles. The van der Waals surface area contributed by atoms with E-state index in [0.717, 1.165) is 10.4 Å². The van der Waals surface area contributed by atoms with Crippen molar-refractivity contribution < 1.29 is 19.4 Å². The zero-order valence-corrected chi connectivity index (χ0v) is 17.0. The number of esters is 1. The Bertz CT molecular complexity index is 1060. The summed E-state index contributed by atoms with van der Waals surface area (Å²) in [5.41, 5.74) is 1.74. The highest BCUT2D eigenvalue weighted by Gasteiger charge is 2.16. The Balaban J connectivity index is 1.79. The van der Waals surface area contributed by atoms with E-state index < -0.39 is 11.9 Å². The monoisotopic (exact) mass is 436 g/mol. The number of carboxylic acids is 1. The first-order chi connectivity index (χ1) is 13.4. The van der Waals surface area contributed by atoms with Crippen molar-refractivity contribution in [3.63, 3.8) is 0 Å². The van der Waals surface area contributed by atoms with E-state index in [2.05, 4.69) is 10.3 Å². The van der Waals surface area contributed by atoms with Gasteiger partial charge in [-0.05, 0) is 61.5 Å². The lowest BCUT2D eigenvalue weighted by molar-refractivity contribution is -0.137. The van der Waals surface area contributed by atoms with Crippen LogP contribution in [0.2, 0.25) is 5.02 Å². The van der Waals surface area contributed by atoms with E-state index in [1.807, 2.05) is 6.07 Å². The van der Waals surface area contributed by atoms with Crippen molar-refractivity contribution in [1.29, 1.82) is 0 Å². The standard InChI is InChI=1S/C19H17ClN2O4S2/c20-11-4-6-13(7-5-11)26-18(25)14-9-12(21-8-2-1-3-16(23)24)10-15-17(14)22-19(27)28-15/h4-7,9-10,21H,1-3,8H2,(H,22,27)(H,23,24). The number of thiazole rings is 1. The number of rotatable bonds is 8. The molecule has 0 aliphatic rings. The first-order valence-electron chi connectivity index (χ1n) is 8.52. The number of hydrogen-bond acceptors (Lipinski definition) is 6. The van der Waals surface area contributed by atoms with Gasteiger partial charge in [0.15, 0.2) is 3.95 Å². The van der Waals surface area contributed by atoms with Crippen LogP contribution in [0.25, 0.3) is 10.2 Å². The maximum Gasteiger partial charge on any atom is 0.345 e. The molecule has 0 amide bonds. The largest absolute Gasteiger partial charge is 0.481 e. The Morgan fingerprint density at radius 2 is 1.96 bits per heavy atom. The summed E-state index contributed by atoms with van der Waals surface area (Å²) in [5.74, 6) is -0.921. The van der Waals surface area contributed by atoms with Crippen LogP contribution in [-0.4, -0.2) is 28.6 Å². The van der Waals surface area contributed by atoms with E-state index in [0.29, 0.717) is 45.2 Å². The van der Waals surface area contributed by atoms with Gasteiger partial charge in [-0.1, -0.05) is 11.6 Å². The van der Waals surface area contributed by atoms with Gasteiger partial charge in [-0.2, -0.15) is 0 Å². The number of benzene rings is 2. The van der Waals surface area contributed by atoms with Gasteiger partial charge in [-0.15, -0.1) is 11.3 Å².